The van der Waals surface area contributed by atoms with Crippen LogP contribution in [0.15, 0.2) is 12.1 Å². The summed E-state index contributed by atoms with van der Waals surface area (Å²) in [7, 11) is -3.31. The Balaban J connectivity index is 3.63. The van der Waals surface area contributed by atoms with Crippen LogP contribution in [0.2, 0.25) is 39.3 Å². The van der Waals surface area contributed by atoms with E-state index in [0.29, 0.717) is 35.3 Å². The zero-order valence-corrected chi connectivity index (χ0v) is 23.2. The van der Waals surface area contributed by atoms with Crippen molar-refractivity contribution in [1.29, 1.82) is 0 Å². The van der Waals surface area contributed by atoms with Crippen LogP contribution in [0.1, 0.15) is 71.4 Å². The molecular weight excluding hydrogens is 428 g/mol. The molecule has 174 valence electrons. The third-order valence-electron chi connectivity index (χ3n) is 4.42. The van der Waals surface area contributed by atoms with Gasteiger partial charge >= 0.3 is 0 Å². The number of benzene rings is 1. The molecule has 0 atom stereocenters. The fraction of sp³-hybridized carbons (Fsp3) is 0.538. The molecule has 1 aromatic rings. The second kappa shape index (κ2) is 12.7. The summed E-state index contributed by atoms with van der Waals surface area (Å²) in [6, 6.07) is 3.52. The van der Waals surface area contributed by atoms with Gasteiger partial charge in [0.15, 0.2) is 0 Å². The van der Waals surface area contributed by atoms with Crippen molar-refractivity contribution in [1.82, 2.24) is 10.6 Å². The van der Waals surface area contributed by atoms with Gasteiger partial charge in [0.1, 0.15) is 16.1 Å². The Kier molecular flexibility index (Phi) is 11.0. The highest BCUT2D eigenvalue weighted by Crippen LogP contribution is 2.18. The van der Waals surface area contributed by atoms with E-state index < -0.39 is 16.1 Å². The van der Waals surface area contributed by atoms with Gasteiger partial charge in [0.05, 0.1) is 11.1 Å². The van der Waals surface area contributed by atoms with Gasteiger partial charge in [-0.2, -0.15) is 0 Å². The van der Waals surface area contributed by atoms with E-state index in [1.807, 2.05) is 6.07 Å². The number of carbonyl (C=O) groups is 2. The average Bonchev–Trinajstić information content (AvgIpc) is 2.69. The van der Waals surface area contributed by atoms with Crippen molar-refractivity contribution in [3.05, 3.63) is 34.4 Å². The number of hydrogen-bond acceptors (Lipinski definition) is 2. The highest BCUT2D eigenvalue weighted by Gasteiger charge is 2.19. The van der Waals surface area contributed by atoms with Crippen molar-refractivity contribution in [2.75, 3.05) is 13.1 Å². The summed E-state index contributed by atoms with van der Waals surface area (Å²) >= 11 is 0. The Morgan fingerprint density at radius 1 is 0.719 bits per heavy atom. The van der Waals surface area contributed by atoms with Gasteiger partial charge in [-0.3, -0.25) is 9.59 Å². The third-order valence-corrected chi connectivity index (χ3v) is 6.17. The van der Waals surface area contributed by atoms with E-state index in [1.165, 1.54) is 0 Å². The van der Waals surface area contributed by atoms with Crippen LogP contribution < -0.4 is 10.6 Å². The lowest BCUT2D eigenvalue weighted by Gasteiger charge is -2.13. The lowest BCUT2D eigenvalue weighted by Crippen LogP contribution is -2.28. The summed E-state index contributed by atoms with van der Waals surface area (Å²) in [6.07, 6.45) is 3.81. The second-order valence-corrected chi connectivity index (χ2v) is 19.7. The van der Waals surface area contributed by atoms with E-state index >= 15 is 0 Å². The van der Waals surface area contributed by atoms with Crippen molar-refractivity contribution < 1.29 is 9.59 Å². The lowest BCUT2D eigenvalue weighted by atomic mass is 9.97. The number of carbonyl (C=O) groups excluding carboxylic acids is 2. The monoisotopic (exact) mass is 468 g/mol. The fourth-order valence-corrected chi connectivity index (χ4v) is 3.66. The van der Waals surface area contributed by atoms with Gasteiger partial charge in [0, 0.05) is 24.2 Å². The summed E-state index contributed by atoms with van der Waals surface area (Å²) < 4.78 is 0. The largest absolute Gasteiger partial charge is 0.352 e. The van der Waals surface area contributed by atoms with Crippen LogP contribution in [0, 0.1) is 22.9 Å². The Hall–Kier alpha value is -2.29. The number of hydrogen-bond donors (Lipinski definition) is 2. The molecule has 6 heteroatoms. The fourth-order valence-electron chi connectivity index (χ4n) is 2.64. The molecule has 1 rings (SSSR count). The van der Waals surface area contributed by atoms with Crippen molar-refractivity contribution in [3.8, 4) is 22.9 Å². The molecule has 2 amide bonds. The van der Waals surface area contributed by atoms with Gasteiger partial charge in [-0.1, -0.05) is 77.8 Å². The van der Waals surface area contributed by atoms with Crippen LogP contribution in [0.4, 0.5) is 0 Å². The molecule has 0 radical (unpaired) electrons. The Morgan fingerprint density at radius 3 is 1.41 bits per heavy atom. The van der Waals surface area contributed by atoms with Crippen molar-refractivity contribution in [2.45, 2.75) is 78.8 Å². The topological polar surface area (TPSA) is 58.2 Å². The van der Waals surface area contributed by atoms with Gasteiger partial charge < -0.3 is 10.6 Å². The lowest BCUT2D eigenvalue weighted by molar-refractivity contribution is 0.0952. The molecule has 0 saturated carbocycles. The Labute approximate surface area is 197 Å². The molecular formula is C26H40N2O2Si2. The van der Waals surface area contributed by atoms with Gasteiger partial charge in [-0.25, -0.2) is 0 Å². The standard InChI is InChI=1S/C26H40N2O2Si2/c1-9-11-15-27-25(29)23-20-24(26(30)28-16-12-10-2)22(14-18-32(6,7)8)19-21(23)13-17-31(3,4)5/h19-20H,9-12,15-16H2,1-8H3,(H,27,29)(H,28,30). The first-order valence-electron chi connectivity index (χ1n) is 11.7. The summed E-state index contributed by atoms with van der Waals surface area (Å²) in [5, 5.41) is 5.95. The van der Waals surface area contributed by atoms with E-state index in [0.717, 1.165) is 25.7 Å². The second-order valence-electron chi connectivity index (χ2n) is 10.2. The van der Waals surface area contributed by atoms with Gasteiger partial charge in [0.25, 0.3) is 11.8 Å². The first kappa shape index (κ1) is 27.7. The predicted octanol–water partition coefficient (Wildman–Crippen LogP) is 5.20. The van der Waals surface area contributed by atoms with Crippen molar-refractivity contribution >= 4 is 28.0 Å². The number of rotatable bonds is 8. The molecule has 0 aliphatic carbocycles. The first-order chi connectivity index (χ1) is 14.9. The molecule has 0 aliphatic rings. The average molecular weight is 469 g/mol. The smallest absolute Gasteiger partial charge is 0.252 e. The molecule has 0 fully saturated rings. The maximum atomic E-state index is 13.0. The molecule has 0 unspecified atom stereocenters. The van der Waals surface area contributed by atoms with E-state index in [9.17, 15) is 9.59 Å². The maximum absolute atomic E-state index is 13.0. The molecule has 0 heterocycles. The van der Waals surface area contributed by atoms with Crippen molar-refractivity contribution in [3.63, 3.8) is 0 Å². The SMILES string of the molecule is CCCCNC(=O)c1cc(C(=O)NCCCC)c(C#C[Si](C)(C)C)cc1C#C[Si](C)(C)C. The van der Waals surface area contributed by atoms with Crippen molar-refractivity contribution in [2.24, 2.45) is 0 Å². The van der Waals surface area contributed by atoms with Crippen LogP contribution in [-0.4, -0.2) is 41.1 Å². The molecule has 32 heavy (non-hydrogen) atoms. The summed E-state index contributed by atoms with van der Waals surface area (Å²) in [5.74, 6) is 6.11. The van der Waals surface area contributed by atoms with Crippen LogP contribution in [0.5, 0.6) is 0 Å². The molecule has 0 bridgehead atoms. The molecule has 0 spiro atoms. The number of unbranched alkanes of at least 4 members (excludes halogenated alkanes) is 2. The normalized spacial score (nSPS) is 11.0. The first-order valence-corrected chi connectivity index (χ1v) is 18.7. The van der Waals surface area contributed by atoms with Gasteiger partial charge in [-0.05, 0) is 25.0 Å². The zero-order chi connectivity index (χ0) is 24.4. The minimum atomic E-state index is -1.65. The highest BCUT2D eigenvalue weighted by molar-refractivity contribution is 6.84. The van der Waals surface area contributed by atoms with E-state index in [2.05, 4.69) is 86.7 Å². The van der Waals surface area contributed by atoms with E-state index in [-0.39, 0.29) is 11.8 Å². The molecule has 4 nitrogen and oxygen atoms in total. The summed E-state index contributed by atoms with van der Waals surface area (Å²) in [5.41, 5.74) is 8.91. The minimum absolute atomic E-state index is 0.189. The molecule has 0 saturated heterocycles. The number of amides is 2. The van der Waals surface area contributed by atoms with Gasteiger partial charge in [-0.15, -0.1) is 11.1 Å². The highest BCUT2D eigenvalue weighted by atomic mass is 28.3. The minimum Gasteiger partial charge on any atom is -0.352 e. The van der Waals surface area contributed by atoms with E-state index in [4.69, 9.17) is 0 Å². The molecule has 0 aromatic heterocycles. The molecule has 1 aromatic carbocycles. The Bertz CT molecular complexity index is 860. The molecule has 2 N–H and O–H groups in total. The summed E-state index contributed by atoms with van der Waals surface area (Å²) in [4.78, 5) is 26.0. The van der Waals surface area contributed by atoms with Crippen LogP contribution in [-0.2, 0) is 0 Å². The summed E-state index contributed by atoms with van der Waals surface area (Å²) in [6.45, 7) is 18.4. The molecule has 0 aliphatic heterocycles. The van der Waals surface area contributed by atoms with Crippen LogP contribution >= 0.6 is 0 Å². The third kappa shape index (κ3) is 10.3. The zero-order valence-electron chi connectivity index (χ0n) is 21.2. The number of nitrogens with one attached hydrogen (secondary N) is 2. The Morgan fingerprint density at radius 2 is 1.09 bits per heavy atom. The predicted molar refractivity (Wildman–Crippen MR) is 141 cm³/mol. The maximum Gasteiger partial charge on any atom is 0.252 e. The van der Waals surface area contributed by atoms with Crippen LogP contribution in [0.25, 0.3) is 0 Å². The van der Waals surface area contributed by atoms with Gasteiger partial charge in [0.2, 0.25) is 0 Å². The quantitative estimate of drug-likeness (QED) is 0.313. The van der Waals surface area contributed by atoms with Crippen LogP contribution in [0.3, 0.4) is 0 Å². The van der Waals surface area contributed by atoms with E-state index in [1.54, 1.807) is 6.07 Å².